The molecule has 0 fully saturated rings. The van der Waals surface area contributed by atoms with Gasteiger partial charge in [0.15, 0.2) is 11.5 Å². The predicted octanol–water partition coefficient (Wildman–Crippen LogP) is 3.09. The van der Waals surface area contributed by atoms with Crippen molar-refractivity contribution in [1.82, 2.24) is 14.8 Å². The van der Waals surface area contributed by atoms with Gasteiger partial charge in [-0.1, -0.05) is 32.4 Å². The molecular formula is C13H13ClN4. The fraction of sp³-hybridized carbons (Fsp3) is 0.308. The summed E-state index contributed by atoms with van der Waals surface area (Å²) in [7, 11) is 0. The summed E-state index contributed by atoms with van der Waals surface area (Å²) in [6.45, 7) is 6.16. The maximum Gasteiger partial charge on any atom is 0.172 e. The Hall–Kier alpha value is -1.86. The molecule has 0 aliphatic rings. The monoisotopic (exact) mass is 260 g/mol. The molecule has 0 saturated heterocycles. The Bertz CT molecular complexity index is 617. The molecule has 0 bridgehead atoms. The molecule has 0 amide bonds. The summed E-state index contributed by atoms with van der Waals surface area (Å²) in [6, 6.07) is 7.33. The van der Waals surface area contributed by atoms with Crippen molar-refractivity contribution in [3.8, 4) is 11.9 Å². The molecule has 0 atom stereocenters. The molecule has 0 saturated carbocycles. The van der Waals surface area contributed by atoms with E-state index in [1.165, 1.54) is 0 Å². The molecule has 0 aliphatic carbocycles. The molecular weight excluding hydrogens is 248 g/mol. The molecule has 18 heavy (non-hydrogen) atoms. The van der Waals surface area contributed by atoms with Crippen molar-refractivity contribution in [3.63, 3.8) is 0 Å². The van der Waals surface area contributed by atoms with E-state index in [1.807, 2.05) is 6.07 Å². The maximum atomic E-state index is 8.98. The molecule has 2 heterocycles. The van der Waals surface area contributed by atoms with Crippen molar-refractivity contribution in [1.29, 1.82) is 5.26 Å². The van der Waals surface area contributed by atoms with E-state index in [1.54, 1.807) is 29.1 Å². The number of aromatic nitrogens is 3. The van der Waals surface area contributed by atoms with Gasteiger partial charge in [-0.2, -0.15) is 10.4 Å². The number of halogens is 1. The number of nitriles is 1. The van der Waals surface area contributed by atoms with Crippen LogP contribution in [0.5, 0.6) is 0 Å². The molecule has 0 spiro atoms. The second-order valence-electron chi connectivity index (χ2n) is 5.00. The molecule has 0 radical (unpaired) electrons. The van der Waals surface area contributed by atoms with Crippen LogP contribution in [0.25, 0.3) is 5.82 Å². The summed E-state index contributed by atoms with van der Waals surface area (Å²) in [5.74, 6) is 0.547. The highest BCUT2D eigenvalue weighted by Crippen LogP contribution is 2.27. The van der Waals surface area contributed by atoms with Crippen LogP contribution in [0, 0.1) is 11.3 Å². The van der Waals surface area contributed by atoms with E-state index in [-0.39, 0.29) is 5.41 Å². The minimum Gasteiger partial charge on any atom is -0.236 e. The van der Waals surface area contributed by atoms with Gasteiger partial charge in [-0.3, -0.25) is 0 Å². The van der Waals surface area contributed by atoms with Crippen molar-refractivity contribution in [2.75, 3.05) is 0 Å². The van der Waals surface area contributed by atoms with Crippen LogP contribution < -0.4 is 0 Å². The predicted molar refractivity (Wildman–Crippen MR) is 69.8 cm³/mol. The van der Waals surface area contributed by atoms with E-state index < -0.39 is 0 Å². The van der Waals surface area contributed by atoms with Crippen molar-refractivity contribution < 1.29 is 0 Å². The van der Waals surface area contributed by atoms with Gasteiger partial charge in [0.1, 0.15) is 6.07 Å². The number of hydrogen-bond acceptors (Lipinski definition) is 3. The summed E-state index contributed by atoms with van der Waals surface area (Å²) >= 11 is 6.13. The molecule has 0 aliphatic heterocycles. The fourth-order valence-corrected chi connectivity index (χ4v) is 1.87. The fourth-order valence-electron chi connectivity index (χ4n) is 1.66. The summed E-state index contributed by atoms with van der Waals surface area (Å²) in [5.41, 5.74) is 1.12. The minimum absolute atomic E-state index is 0.150. The Kier molecular flexibility index (Phi) is 3.10. The zero-order chi connectivity index (χ0) is 13.3. The summed E-state index contributed by atoms with van der Waals surface area (Å²) in [4.78, 5) is 4.23. The van der Waals surface area contributed by atoms with E-state index in [9.17, 15) is 0 Å². The Morgan fingerprint density at radius 3 is 2.67 bits per heavy atom. The zero-order valence-electron chi connectivity index (χ0n) is 10.5. The highest BCUT2D eigenvalue weighted by Gasteiger charge is 2.23. The lowest BCUT2D eigenvalue weighted by Gasteiger charge is -2.19. The lowest BCUT2D eigenvalue weighted by molar-refractivity contribution is 0.541. The smallest absolute Gasteiger partial charge is 0.172 e. The standard InChI is InChI=1S/C13H13ClN4/c1-13(2,3)11-7-9(8-15)17-18(11)12-10(14)5-4-6-16-12/h4-7H,1-3H3. The van der Waals surface area contributed by atoms with Crippen LogP contribution in [0.3, 0.4) is 0 Å². The quantitative estimate of drug-likeness (QED) is 0.792. The largest absolute Gasteiger partial charge is 0.236 e. The maximum absolute atomic E-state index is 8.98. The van der Waals surface area contributed by atoms with E-state index in [0.717, 1.165) is 5.69 Å². The summed E-state index contributed by atoms with van der Waals surface area (Å²) in [6.07, 6.45) is 1.65. The highest BCUT2D eigenvalue weighted by atomic mass is 35.5. The average Bonchev–Trinajstić information content (AvgIpc) is 2.73. The minimum atomic E-state index is -0.150. The molecule has 0 unspecified atom stereocenters. The first-order valence-electron chi connectivity index (χ1n) is 5.55. The van der Waals surface area contributed by atoms with Gasteiger partial charge in [-0.15, -0.1) is 0 Å². The molecule has 0 N–H and O–H groups in total. The van der Waals surface area contributed by atoms with Crippen LogP contribution >= 0.6 is 11.6 Å². The van der Waals surface area contributed by atoms with Crippen molar-refractivity contribution in [2.24, 2.45) is 0 Å². The van der Waals surface area contributed by atoms with E-state index in [0.29, 0.717) is 16.5 Å². The molecule has 0 aromatic carbocycles. The van der Waals surface area contributed by atoms with Crippen molar-refractivity contribution >= 4 is 11.6 Å². The molecule has 2 rings (SSSR count). The topological polar surface area (TPSA) is 54.5 Å². The Morgan fingerprint density at radius 1 is 1.39 bits per heavy atom. The van der Waals surface area contributed by atoms with Crippen molar-refractivity contribution in [2.45, 2.75) is 26.2 Å². The number of nitrogens with zero attached hydrogens (tertiary/aromatic N) is 4. The van der Waals surface area contributed by atoms with Gasteiger partial charge in [-0.05, 0) is 18.2 Å². The Morgan fingerprint density at radius 2 is 2.11 bits per heavy atom. The van der Waals surface area contributed by atoms with E-state index in [4.69, 9.17) is 16.9 Å². The first kappa shape index (κ1) is 12.6. The van der Waals surface area contributed by atoms with Gasteiger partial charge in [0, 0.05) is 11.6 Å². The van der Waals surface area contributed by atoms with Gasteiger partial charge in [-0.25, -0.2) is 9.67 Å². The lowest BCUT2D eigenvalue weighted by atomic mass is 9.92. The van der Waals surface area contributed by atoms with Gasteiger partial charge in [0.2, 0.25) is 0 Å². The molecule has 4 nitrogen and oxygen atoms in total. The van der Waals surface area contributed by atoms with Crippen LogP contribution in [-0.4, -0.2) is 14.8 Å². The third kappa shape index (κ3) is 2.22. The van der Waals surface area contributed by atoms with Crippen LogP contribution in [0.4, 0.5) is 0 Å². The van der Waals surface area contributed by atoms with Crippen molar-refractivity contribution in [3.05, 3.63) is 40.8 Å². The molecule has 5 heteroatoms. The third-order valence-electron chi connectivity index (χ3n) is 2.53. The molecule has 92 valence electrons. The van der Waals surface area contributed by atoms with Gasteiger partial charge < -0.3 is 0 Å². The van der Waals surface area contributed by atoms with Crippen LogP contribution in [0.2, 0.25) is 5.02 Å². The normalized spacial score (nSPS) is 11.3. The van der Waals surface area contributed by atoms with Gasteiger partial charge in [0.05, 0.1) is 10.7 Å². The SMILES string of the molecule is CC(C)(C)c1cc(C#N)nn1-c1ncccc1Cl. The number of rotatable bonds is 1. The highest BCUT2D eigenvalue weighted by molar-refractivity contribution is 6.32. The van der Waals surface area contributed by atoms with Crippen LogP contribution in [0.1, 0.15) is 32.2 Å². The van der Waals surface area contributed by atoms with Crippen LogP contribution in [-0.2, 0) is 5.41 Å². The first-order chi connectivity index (χ1) is 8.43. The van der Waals surface area contributed by atoms with Gasteiger partial charge in [0.25, 0.3) is 0 Å². The third-order valence-corrected chi connectivity index (χ3v) is 2.83. The summed E-state index contributed by atoms with van der Waals surface area (Å²) < 4.78 is 1.64. The lowest BCUT2D eigenvalue weighted by Crippen LogP contribution is -2.18. The second kappa shape index (κ2) is 4.43. The molecule has 2 aromatic heterocycles. The Labute approximate surface area is 111 Å². The average molecular weight is 261 g/mol. The zero-order valence-corrected chi connectivity index (χ0v) is 11.2. The van der Waals surface area contributed by atoms with E-state index in [2.05, 4.69) is 30.9 Å². The number of pyridine rings is 1. The number of hydrogen-bond donors (Lipinski definition) is 0. The Balaban J connectivity index is 2.68. The summed E-state index contributed by atoms with van der Waals surface area (Å²) in [5, 5.41) is 13.7. The molecule has 2 aromatic rings. The van der Waals surface area contributed by atoms with E-state index >= 15 is 0 Å². The van der Waals surface area contributed by atoms with Crippen LogP contribution in [0.15, 0.2) is 24.4 Å². The second-order valence-corrected chi connectivity index (χ2v) is 5.40. The van der Waals surface area contributed by atoms with Gasteiger partial charge >= 0.3 is 0 Å². The first-order valence-corrected chi connectivity index (χ1v) is 5.93.